The third-order valence-corrected chi connectivity index (χ3v) is 5.03. The number of carbonyl (C=O) groups excluding carboxylic acids is 1. The van der Waals surface area contributed by atoms with Crippen LogP contribution >= 0.6 is 0 Å². The van der Waals surface area contributed by atoms with Crippen LogP contribution in [-0.2, 0) is 6.54 Å². The van der Waals surface area contributed by atoms with Crippen LogP contribution in [0.15, 0.2) is 36.4 Å². The average Bonchev–Trinajstić information content (AvgIpc) is 2.95. The number of hydrogen-bond donors (Lipinski definition) is 0. The van der Waals surface area contributed by atoms with Crippen molar-refractivity contribution in [1.82, 2.24) is 14.9 Å². The summed E-state index contributed by atoms with van der Waals surface area (Å²) in [6.45, 7) is 8.55. The summed E-state index contributed by atoms with van der Waals surface area (Å²) in [5.74, 6) is 0.666. The molecule has 1 aliphatic rings. The van der Waals surface area contributed by atoms with E-state index in [1.54, 1.807) is 0 Å². The van der Waals surface area contributed by atoms with Crippen molar-refractivity contribution in [3.8, 4) is 0 Å². The van der Waals surface area contributed by atoms with Crippen molar-refractivity contribution >= 4 is 11.9 Å². The first-order valence-electron chi connectivity index (χ1n) is 10.00. The highest BCUT2D eigenvalue weighted by atomic mass is 16.2. The number of benzene rings is 1. The molecule has 0 aliphatic carbocycles. The van der Waals surface area contributed by atoms with Crippen molar-refractivity contribution in [3.05, 3.63) is 53.3 Å². The quantitative estimate of drug-likeness (QED) is 0.795. The van der Waals surface area contributed by atoms with E-state index in [0.717, 1.165) is 37.2 Å². The predicted octanol–water partition coefficient (Wildman–Crippen LogP) is 4.22. The van der Waals surface area contributed by atoms with Gasteiger partial charge >= 0.3 is 0 Å². The van der Waals surface area contributed by atoms with Gasteiger partial charge in [0, 0.05) is 31.4 Å². The maximum Gasteiger partial charge on any atom is 0.273 e. The Kier molecular flexibility index (Phi) is 6.43. The molecule has 1 aromatic heterocycles. The Bertz CT molecular complexity index is 752. The molecule has 0 saturated carbocycles. The lowest BCUT2D eigenvalue weighted by atomic mass is 10.1. The van der Waals surface area contributed by atoms with Crippen molar-refractivity contribution < 1.29 is 4.79 Å². The van der Waals surface area contributed by atoms with Crippen LogP contribution in [0.25, 0.3) is 0 Å². The van der Waals surface area contributed by atoms with Gasteiger partial charge in [-0.15, -0.1) is 0 Å². The van der Waals surface area contributed by atoms with Crippen molar-refractivity contribution in [2.75, 3.05) is 18.0 Å². The van der Waals surface area contributed by atoms with Gasteiger partial charge in [0.05, 0.1) is 0 Å². The molecular weight excluding hydrogens is 336 g/mol. The van der Waals surface area contributed by atoms with Crippen molar-refractivity contribution in [2.45, 2.75) is 59.0 Å². The van der Waals surface area contributed by atoms with Crippen molar-refractivity contribution in [1.29, 1.82) is 0 Å². The molecule has 1 amide bonds. The zero-order chi connectivity index (χ0) is 19.2. The van der Waals surface area contributed by atoms with Crippen LogP contribution in [0.4, 0.5) is 5.95 Å². The van der Waals surface area contributed by atoms with Gasteiger partial charge in [-0.05, 0) is 45.2 Å². The molecule has 2 heterocycles. The van der Waals surface area contributed by atoms with Crippen LogP contribution in [0.1, 0.15) is 61.3 Å². The Labute approximate surface area is 162 Å². The van der Waals surface area contributed by atoms with Gasteiger partial charge in [0.1, 0.15) is 5.69 Å². The topological polar surface area (TPSA) is 49.3 Å². The van der Waals surface area contributed by atoms with Crippen LogP contribution < -0.4 is 4.90 Å². The number of nitrogens with zero attached hydrogens (tertiary/aromatic N) is 4. The van der Waals surface area contributed by atoms with Crippen LogP contribution in [0.5, 0.6) is 0 Å². The van der Waals surface area contributed by atoms with Crippen LogP contribution in [0.2, 0.25) is 0 Å². The minimum Gasteiger partial charge on any atom is -0.341 e. The molecule has 0 spiro atoms. The summed E-state index contributed by atoms with van der Waals surface area (Å²) in [6, 6.07) is 12.0. The molecule has 1 saturated heterocycles. The number of aromatic nitrogens is 2. The minimum absolute atomic E-state index is 0.0320. The third-order valence-electron chi connectivity index (χ3n) is 5.03. The second-order valence-corrected chi connectivity index (χ2v) is 7.61. The normalized spacial score (nSPS) is 14.9. The summed E-state index contributed by atoms with van der Waals surface area (Å²) in [4.78, 5) is 26.7. The molecule has 3 rings (SSSR count). The molecule has 0 unspecified atom stereocenters. The Balaban J connectivity index is 1.85. The molecule has 1 aliphatic heterocycles. The van der Waals surface area contributed by atoms with E-state index >= 15 is 0 Å². The van der Waals surface area contributed by atoms with Crippen molar-refractivity contribution in [3.63, 3.8) is 0 Å². The zero-order valence-corrected chi connectivity index (χ0v) is 16.7. The van der Waals surface area contributed by atoms with E-state index in [1.807, 2.05) is 49.9 Å². The predicted molar refractivity (Wildman–Crippen MR) is 109 cm³/mol. The average molecular weight is 367 g/mol. The van der Waals surface area contributed by atoms with E-state index < -0.39 is 0 Å². The summed E-state index contributed by atoms with van der Waals surface area (Å²) in [5.41, 5.74) is 2.46. The summed E-state index contributed by atoms with van der Waals surface area (Å²) in [6.07, 6.45) is 4.83. The molecule has 5 heteroatoms. The summed E-state index contributed by atoms with van der Waals surface area (Å²) in [5, 5.41) is 0. The molecule has 1 aromatic carbocycles. The first-order chi connectivity index (χ1) is 13.0. The summed E-state index contributed by atoms with van der Waals surface area (Å²) < 4.78 is 0. The molecule has 1 fully saturated rings. The Morgan fingerprint density at radius 2 is 1.74 bits per heavy atom. The first kappa shape index (κ1) is 19.3. The third kappa shape index (κ3) is 5.06. The number of carbonyl (C=O) groups is 1. The summed E-state index contributed by atoms with van der Waals surface area (Å²) in [7, 11) is 0. The van der Waals surface area contributed by atoms with Crippen LogP contribution in [0, 0.1) is 6.92 Å². The molecule has 0 N–H and O–H groups in total. The molecule has 144 valence electrons. The number of hydrogen-bond acceptors (Lipinski definition) is 4. The van der Waals surface area contributed by atoms with Gasteiger partial charge in [0.25, 0.3) is 5.91 Å². The maximum atomic E-state index is 13.3. The highest BCUT2D eigenvalue weighted by Gasteiger charge is 2.23. The van der Waals surface area contributed by atoms with Gasteiger partial charge in [0.2, 0.25) is 5.95 Å². The van der Waals surface area contributed by atoms with E-state index in [2.05, 4.69) is 27.0 Å². The SMILES string of the molecule is Cc1cc(C(=O)N(Cc2ccccc2)C(C)C)nc(N2CCCCCC2)n1. The second kappa shape index (κ2) is 8.98. The van der Waals surface area contributed by atoms with E-state index in [0.29, 0.717) is 18.2 Å². The lowest BCUT2D eigenvalue weighted by Gasteiger charge is -2.27. The highest BCUT2D eigenvalue weighted by molar-refractivity contribution is 5.92. The molecule has 5 nitrogen and oxygen atoms in total. The highest BCUT2D eigenvalue weighted by Crippen LogP contribution is 2.19. The van der Waals surface area contributed by atoms with Crippen molar-refractivity contribution in [2.24, 2.45) is 0 Å². The smallest absolute Gasteiger partial charge is 0.273 e. The van der Waals surface area contributed by atoms with E-state index in [9.17, 15) is 4.79 Å². The van der Waals surface area contributed by atoms with E-state index in [-0.39, 0.29) is 11.9 Å². The van der Waals surface area contributed by atoms with E-state index in [1.165, 1.54) is 12.8 Å². The Morgan fingerprint density at radius 3 is 2.37 bits per heavy atom. The van der Waals surface area contributed by atoms with E-state index in [4.69, 9.17) is 0 Å². The van der Waals surface area contributed by atoms with Gasteiger partial charge < -0.3 is 9.80 Å². The van der Waals surface area contributed by atoms with Gasteiger partial charge in [-0.1, -0.05) is 43.2 Å². The zero-order valence-electron chi connectivity index (χ0n) is 16.7. The second-order valence-electron chi connectivity index (χ2n) is 7.61. The summed E-state index contributed by atoms with van der Waals surface area (Å²) >= 11 is 0. The molecular formula is C22H30N4O. The van der Waals surface area contributed by atoms with Crippen LogP contribution in [0.3, 0.4) is 0 Å². The number of aryl methyl sites for hydroxylation is 1. The first-order valence-corrected chi connectivity index (χ1v) is 10.00. The molecule has 0 radical (unpaired) electrons. The monoisotopic (exact) mass is 366 g/mol. The fourth-order valence-corrected chi connectivity index (χ4v) is 3.49. The standard InChI is InChI=1S/C22H30N4O/c1-17(2)26(16-19-11-7-6-8-12-19)21(27)20-15-18(3)23-22(24-20)25-13-9-4-5-10-14-25/h6-8,11-12,15,17H,4-5,9-10,13-14,16H2,1-3H3. The Morgan fingerprint density at radius 1 is 1.07 bits per heavy atom. The van der Waals surface area contributed by atoms with Gasteiger partial charge in [-0.2, -0.15) is 0 Å². The molecule has 0 atom stereocenters. The largest absolute Gasteiger partial charge is 0.341 e. The van der Waals surface area contributed by atoms with Gasteiger partial charge in [-0.3, -0.25) is 4.79 Å². The fourth-order valence-electron chi connectivity index (χ4n) is 3.49. The molecule has 2 aromatic rings. The molecule has 27 heavy (non-hydrogen) atoms. The van der Waals surface area contributed by atoms with Crippen LogP contribution in [-0.4, -0.2) is 39.9 Å². The van der Waals surface area contributed by atoms with Gasteiger partial charge in [-0.25, -0.2) is 9.97 Å². The lowest BCUT2D eigenvalue weighted by molar-refractivity contribution is 0.0684. The number of rotatable bonds is 5. The Hall–Kier alpha value is -2.43. The number of anilines is 1. The fraction of sp³-hybridized carbons (Fsp3) is 0.500. The maximum absolute atomic E-state index is 13.3. The lowest BCUT2D eigenvalue weighted by Crippen LogP contribution is -2.37. The minimum atomic E-state index is -0.0320. The molecule has 0 bridgehead atoms. The number of amides is 1. The van der Waals surface area contributed by atoms with Gasteiger partial charge in [0.15, 0.2) is 0 Å².